The largest absolute Gasteiger partial charge is 0.382 e. The number of amides is 2. The van der Waals surface area contributed by atoms with Crippen molar-refractivity contribution in [1.82, 2.24) is 5.32 Å². The number of benzene rings is 1. The van der Waals surface area contributed by atoms with Crippen LogP contribution in [-0.2, 0) is 16.0 Å². The van der Waals surface area contributed by atoms with Crippen LogP contribution in [0.2, 0.25) is 0 Å². The minimum atomic E-state index is -0.110. The summed E-state index contributed by atoms with van der Waals surface area (Å²) >= 11 is 1.56. The molecule has 1 aliphatic rings. The SMILES string of the molecule is CCOCCCNC(=O)c1cc(NC(=O)Cc2cccs2)ccc1N1CCCCC1. The maximum atomic E-state index is 12.9. The molecular formula is C23H31N3O3S. The van der Waals surface area contributed by atoms with E-state index < -0.39 is 0 Å². The number of hydrogen-bond acceptors (Lipinski definition) is 5. The summed E-state index contributed by atoms with van der Waals surface area (Å²) in [5, 5.41) is 7.90. The molecule has 0 bridgehead atoms. The molecule has 0 saturated carbocycles. The molecule has 1 aromatic carbocycles. The average molecular weight is 430 g/mol. The van der Waals surface area contributed by atoms with E-state index in [0.29, 0.717) is 37.4 Å². The van der Waals surface area contributed by atoms with Crippen LogP contribution in [-0.4, -0.2) is 44.7 Å². The second kappa shape index (κ2) is 11.7. The summed E-state index contributed by atoms with van der Waals surface area (Å²) in [6, 6.07) is 9.54. The molecule has 0 radical (unpaired) electrons. The third kappa shape index (κ3) is 6.57. The highest BCUT2D eigenvalue weighted by Gasteiger charge is 2.19. The van der Waals surface area contributed by atoms with E-state index in [-0.39, 0.29) is 11.8 Å². The number of carbonyl (C=O) groups is 2. The number of nitrogens with zero attached hydrogens (tertiary/aromatic N) is 1. The highest BCUT2D eigenvalue weighted by Crippen LogP contribution is 2.27. The first-order valence-corrected chi connectivity index (χ1v) is 11.6. The number of nitrogens with one attached hydrogen (secondary N) is 2. The number of ether oxygens (including phenoxy) is 1. The van der Waals surface area contributed by atoms with Gasteiger partial charge in [-0.3, -0.25) is 9.59 Å². The molecule has 2 aromatic rings. The van der Waals surface area contributed by atoms with Crippen LogP contribution in [0.25, 0.3) is 0 Å². The van der Waals surface area contributed by atoms with Gasteiger partial charge in [-0.2, -0.15) is 0 Å². The molecule has 162 valence electrons. The summed E-state index contributed by atoms with van der Waals surface area (Å²) in [6.07, 6.45) is 4.61. The second-order valence-electron chi connectivity index (χ2n) is 7.39. The summed E-state index contributed by atoms with van der Waals surface area (Å²) < 4.78 is 5.34. The predicted octanol–water partition coefficient (Wildman–Crippen LogP) is 4.08. The average Bonchev–Trinajstić information content (AvgIpc) is 3.27. The van der Waals surface area contributed by atoms with Gasteiger partial charge in [0, 0.05) is 49.1 Å². The Kier molecular flexibility index (Phi) is 8.71. The van der Waals surface area contributed by atoms with Crippen LogP contribution in [0.1, 0.15) is 47.8 Å². The van der Waals surface area contributed by atoms with Crippen LogP contribution in [0.5, 0.6) is 0 Å². The highest BCUT2D eigenvalue weighted by atomic mass is 32.1. The predicted molar refractivity (Wildman–Crippen MR) is 123 cm³/mol. The zero-order valence-corrected chi connectivity index (χ0v) is 18.4. The standard InChI is InChI=1S/C23H31N3O3S/c1-2-29-14-7-11-24-23(28)20-16-18(25-22(27)17-19-8-6-15-30-19)9-10-21(20)26-12-4-3-5-13-26/h6,8-10,15-16H,2-5,7,11-14,17H2,1H3,(H,24,28)(H,25,27). The minimum Gasteiger partial charge on any atom is -0.382 e. The topological polar surface area (TPSA) is 70.7 Å². The van der Waals surface area contributed by atoms with E-state index >= 15 is 0 Å². The Balaban J connectivity index is 1.70. The molecule has 1 fully saturated rings. The van der Waals surface area contributed by atoms with Gasteiger partial charge in [0.05, 0.1) is 12.0 Å². The summed E-state index contributed by atoms with van der Waals surface area (Å²) in [4.78, 5) is 28.6. The van der Waals surface area contributed by atoms with Gasteiger partial charge in [0.1, 0.15) is 0 Å². The molecule has 2 amide bonds. The van der Waals surface area contributed by atoms with E-state index in [9.17, 15) is 9.59 Å². The fourth-order valence-corrected chi connectivity index (χ4v) is 4.30. The molecule has 2 heterocycles. The van der Waals surface area contributed by atoms with Crippen molar-refractivity contribution in [2.24, 2.45) is 0 Å². The molecule has 1 saturated heterocycles. The van der Waals surface area contributed by atoms with Gasteiger partial charge in [0.2, 0.25) is 5.91 Å². The maximum absolute atomic E-state index is 12.9. The van der Waals surface area contributed by atoms with Crippen molar-refractivity contribution in [2.75, 3.05) is 43.1 Å². The van der Waals surface area contributed by atoms with E-state index in [0.717, 1.165) is 42.9 Å². The van der Waals surface area contributed by atoms with Crippen molar-refractivity contribution in [2.45, 2.75) is 39.0 Å². The van der Waals surface area contributed by atoms with Gasteiger partial charge in [0.15, 0.2) is 0 Å². The van der Waals surface area contributed by atoms with Crippen molar-refractivity contribution in [3.05, 3.63) is 46.2 Å². The molecule has 1 aromatic heterocycles. The monoisotopic (exact) mass is 429 g/mol. The van der Waals surface area contributed by atoms with Crippen LogP contribution in [0.3, 0.4) is 0 Å². The number of carbonyl (C=O) groups excluding carboxylic acids is 2. The lowest BCUT2D eigenvalue weighted by molar-refractivity contribution is -0.115. The van der Waals surface area contributed by atoms with Gasteiger partial charge in [-0.15, -0.1) is 11.3 Å². The van der Waals surface area contributed by atoms with Crippen LogP contribution in [0.15, 0.2) is 35.7 Å². The fourth-order valence-electron chi connectivity index (χ4n) is 3.60. The quantitative estimate of drug-likeness (QED) is 0.559. The molecule has 7 heteroatoms. The maximum Gasteiger partial charge on any atom is 0.253 e. The van der Waals surface area contributed by atoms with E-state index in [1.807, 2.05) is 36.6 Å². The third-order valence-electron chi connectivity index (χ3n) is 5.09. The molecule has 30 heavy (non-hydrogen) atoms. The number of rotatable bonds is 10. The summed E-state index contributed by atoms with van der Waals surface area (Å²) in [5.41, 5.74) is 2.20. The number of anilines is 2. The molecule has 1 aliphatic heterocycles. The smallest absolute Gasteiger partial charge is 0.253 e. The number of piperidine rings is 1. The Bertz CT molecular complexity index is 817. The van der Waals surface area contributed by atoms with Crippen molar-refractivity contribution >= 4 is 34.5 Å². The van der Waals surface area contributed by atoms with Gasteiger partial charge in [-0.05, 0) is 62.3 Å². The van der Waals surface area contributed by atoms with Gasteiger partial charge in [-0.1, -0.05) is 6.07 Å². The molecule has 6 nitrogen and oxygen atoms in total. The summed E-state index contributed by atoms with van der Waals surface area (Å²) in [7, 11) is 0. The Hall–Kier alpha value is -2.38. The fraction of sp³-hybridized carbons (Fsp3) is 0.478. The third-order valence-corrected chi connectivity index (χ3v) is 5.97. The first-order chi connectivity index (χ1) is 14.7. The lowest BCUT2D eigenvalue weighted by atomic mass is 10.1. The Labute approximate surface area is 182 Å². The number of hydrogen-bond donors (Lipinski definition) is 2. The highest BCUT2D eigenvalue weighted by molar-refractivity contribution is 7.10. The van der Waals surface area contributed by atoms with E-state index in [4.69, 9.17) is 4.74 Å². The molecule has 0 aliphatic carbocycles. The number of thiophene rings is 1. The zero-order chi connectivity index (χ0) is 21.2. The molecule has 2 N–H and O–H groups in total. The summed E-state index contributed by atoms with van der Waals surface area (Å²) in [5.74, 6) is -0.187. The van der Waals surface area contributed by atoms with Crippen LogP contribution in [0, 0.1) is 0 Å². The molecular weight excluding hydrogens is 398 g/mol. The van der Waals surface area contributed by atoms with E-state index in [1.54, 1.807) is 17.4 Å². The Morgan fingerprint density at radius 1 is 1.17 bits per heavy atom. The first kappa shape index (κ1) is 22.3. The first-order valence-electron chi connectivity index (χ1n) is 10.7. The van der Waals surface area contributed by atoms with Gasteiger partial charge < -0.3 is 20.3 Å². The Morgan fingerprint density at radius 3 is 2.73 bits per heavy atom. The Morgan fingerprint density at radius 2 is 2.00 bits per heavy atom. The molecule has 0 spiro atoms. The van der Waals surface area contributed by atoms with E-state index in [1.165, 1.54) is 6.42 Å². The molecule has 0 atom stereocenters. The van der Waals surface area contributed by atoms with Crippen molar-refractivity contribution in [1.29, 1.82) is 0 Å². The van der Waals surface area contributed by atoms with Gasteiger partial charge >= 0.3 is 0 Å². The van der Waals surface area contributed by atoms with Crippen LogP contribution < -0.4 is 15.5 Å². The zero-order valence-electron chi connectivity index (χ0n) is 17.6. The normalized spacial score (nSPS) is 13.8. The van der Waals surface area contributed by atoms with Crippen molar-refractivity contribution in [3.8, 4) is 0 Å². The van der Waals surface area contributed by atoms with Gasteiger partial charge in [0.25, 0.3) is 5.91 Å². The molecule has 0 unspecified atom stereocenters. The van der Waals surface area contributed by atoms with Gasteiger partial charge in [-0.25, -0.2) is 0 Å². The van der Waals surface area contributed by atoms with Crippen molar-refractivity contribution < 1.29 is 14.3 Å². The van der Waals surface area contributed by atoms with Crippen molar-refractivity contribution in [3.63, 3.8) is 0 Å². The van der Waals surface area contributed by atoms with E-state index in [2.05, 4.69) is 15.5 Å². The minimum absolute atomic E-state index is 0.0776. The van der Waals surface area contributed by atoms with Crippen LogP contribution >= 0.6 is 11.3 Å². The van der Waals surface area contributed by atoms with Crippen LogP contribution in [0.4, 0.5) is 11.4 Å². The second-order valence-corrected chi connectivity index (χ2v) is 8.42. The summed E-state index contributed by atoms with van der Waals surface area (Å²) in [6.45, 7) is 5.74. The lowest BCUT2D eigenvalue weighted by Crippen LogP contribution is -2.33. The lowest BCUT2D eigenvalue weighted by Gasteiger charge is -2.30. The molecule has 3 rings (SSSR count).